The minimum Gasteiger partial charge on any atom is -0.316 e. The summed E-state index contributed by atoms with van der Waals surface area (Å²) >= 11 is 0. The average Bonchev–Trinajstić information content (AvgIpc) is 2.33. The summed E-state index contributed by atoms with van der Waals surface area (Å²) in [5, 5.41) is 3.45. The zero-order chi connectivity index (χ0) is 14.5. The Kier molecular flexibility index (Phi) is 5.92. The zero-order valence-corrected chi connectivity index (χ0v) is 12.4. The molecule has 1 nitrogen and oxygen atoms in total. The minimum atomic E-state index is -0.778. The normalized spacial score (nSPS) is 14.7. The summed E-state index contributed by atoms with van der Waals surface area (Å²) in [6.45, 7) is 10.5. The van der Waals surface area contributed by atoms with Crippen LogP contribution in [0.4, 0.5) is 8.78 Å². The van der Waals surface area contributed by atoms with Gasteiger partial charge < -0.3 is 5.32 Å². The average molecular weight is 269 g/mol. The van der Waals surface area contributed by atoms with Gasteiger partial charge in [0.05, 0.1) is 0 Å². The van der Waals surface area contributed by atoms with E-state index in [1.807, 2.05) is 0 Å². The maximum atomic E-state index is 13.2. The lowest BCUT2D eigenvalue weighted by molar-refractivity contribution is 0.284. The van der Waals surface area contributed by atoms with Crippen LogP contribution in [-0.4, -0.2) is 13.1 Å². The van der Waals surface area contributed by atoms with E-state index in [9.17, 15) is 8.78 Å². The Bertz CT molecular complexity index is 404. The molecule has 0 saturated heterocycles. The van der Waals surface area contributed by atoms with Crippen LogP contribution >= 0.6 is 0 Å². The molecule has 19 heavy (non-hydrogen) atoms. The van der Waals surface area contributed by atoms with Crippen LogP contribution in [0.1, 0.15) is 39.7 Å². The SMILES string of the molecule is CCC(C)(CNCC(C)C)Cc1ccc(F)c(F)c1. The van der Waals surface area contributed by atoms with Crippen molar-refractivity contribution in [2.24, 2.45) is 11.3 Å². The van der Waals surface area contributed by atoms with Crippen molar-refractivity contribution in [3.05, 3.63) is 35.4 Å². The van der Waals surface area contributed by atoms with Crippen LogP contribution in [-0.2, 0) is 6.42 Å². The Hall–Kier alpha value is -0.960. The van der Waals surface area contributed by atoms with Gasteiger partial charge in [-0.25, -0.2) is 8.78 Å². The van der Waals surface area contributed by atoms with Crippen molar-refractivity contribution < 1.29 is 8.78 Å². The molecule has 0 amide bonds. The summed E-state index contributed by atoms with van der Waals surface area (Å²) in [6, 6.07) is 4.20. The van der Waals surface area contributed by atoms with Crippen molar-refractivity contribution in [3.63, 3.8) is 0 Å². The zero-order valence-electron chi connectivity index (χ0n) is 12.4. The maximum Gasteiger partial charge on any atom is 0.159 e. The van der Waals surface area contributed by atoms with Crippen LogP contribution in [0.25, 0.3) is 0 Å². The number of halogens is 2. The first kappa shape index (κ1) is 16.1. The second-order valence-electron chi connectivity index (χ2n) is 6.11. The van der Waals surface area contributed by atoms with Gasteiger partial charge in [-0.3, -0.25) is 0 Å². The fourth-order valence-corrected chi connectivity index (χ4v) is 2.12. The van der Waals surface area contributed by atoms with Gasteiger partial charge in [0, 0.05) is 6.54 Å². The maximum absolute atomic E-state index is 13.2. The quantitative estimate of drug-likeness (QED) is 0.783. The Morgan fingerprint density at radius 1 is 1.21 bits per heavy atom. The lowest BCUT2D eigenvalue weighted by Gasteiger charge is -2.29. The number of rotatable bonds is 7. The molecule has 3 heteroatoms. The molecule has 1 atom stereocenters. The fourth-order valence-electron chi connectivity index (χ4n) is 2.12. The summed E-state index contributed by atoms with van der Waals surface area (Å²) in [7, 11) is 0. The monoisotopic (exact) mass is 269 g/mol. The van der Waals surface area contributed by atoms with Gasteiger partial charge in [0.25, 0.3) is 0 Å². The predicted molar refractivity (Wildman–Crippen MR) is 76.2 cm³/mol. The summed E-state index contributed by atoms with van der Waals surface area (Å²) in [4.78, 5) is 0. The molecular formula is C16H25F2N. The van der Waals surface area contributed by atoms with E-state index < -0.39 is 11.6 Å². The van der Waals surface area contributed by atoms with Crippen molar-refractivity contribution in [2.45, 2.75) is 40.5 Å². The Balaban J connectivity index is 2.65. The van der Waals surface area contributed by atoms with Gasteiger partial charge in [0.2, 0.25) is 0 Å². The van der Waals surface area contributed by atoms with Crippen LogP contribution in [0.5, 0.6) is 0 Å². The number of benzene rings is 1. The molecule has 1 rings (SSSR count). The molecule has 1 aromatic carbocycles. The molecule has 0 aliphatic heterocycles. The lowest BCUT2D eigenvalue weighted by Crippen LogP contribution is -2.35. The highest BCUT2D eigenvalue weighted by molar-refractivity contribution is 5.19. The molecule has 0 radical (unpaired) electrons. The Morgan fingerprint density at radius 3 is 2.42 bits per heavy atom. The predicted octanol–water partition coefficient (Wildman–Crippen LogP) is 4.17. The molecule has 0 aromatic heterocycles. The van der Waals surface area contributed by atoms with Crippen LogP contribution in [0, 0.1) is 23.0 Å². The topological polar surface area (TPSA) is 12.0 Å². The van der Waals surface area contributed by atoms with Gasteiger partial charge in [-0.05, 0) is 48.4 Å². The van der Waals surface area contributed by atoms with E-state index in [0.29, 0.717) is 5.92 Å². The molecule has 0 fully saturated rings. The Morgan fingerprint density at radius 2 is 1.89 bits per heavy atom. The number of nitrogens with one attached hydrogen (secondary N) is 1. The summed E-state index contributed by atoms with van der Waals surface area (Å²) in [6.07, 6.45) is 1.75. The van der Waals surface area contributed by atoms with Crippen LogP contribution in [0.15, 0.2) is 18.2 Å². The van der Waals surface area contributed by atoms with Crippen molar-refractivity contribution in [3.8, 4) is 0 Å². The first-order valence-corrected chi connectivity index (χ1v) is 7.01. The third kappa shape index (κ3) is 5.27. The second-order valence-corrected chi connectivity index (χ2v) is 6.11. The van der Waals surface area contributed by atoms with Gasteiger partial charge in [-0.15, -0.1) is 0 Å². The van der Waals surface area contributed by atoms with Gasteiger partial charge in [0.15, 0.2) is 11.6 Å². The van der Waals surface area contributed by atoms with Crippen molar-refractivity contribution in [1.29, 1.82) is 0 Å². The van der Waals surface area contributed by atoms with E-state index in [1.54, 1.807) is 6.07 Å². The van der Waals surface area contributed by atoms with E-state index in [4.69, 9.17) is 0 Å². The summed E-state index contributed by atoms with van der Waals surface area (Å²) in [5.41, 5.74) is 0.925. The molecule has 0 saturated carbocycles. The molecule has 0 bridgehead atoms. The smallest absolute Gasteiger partial charge is 0.159 e. The second kappa shape index (κ2) is 6.99. The number of hydrogen-bond acceptors (Lipinski definition) is 1. The third-order valence-corrected chi connectivity index (χ3v) is 3.57. The number of hydrogen-bond donors (Lipinski definition) is 1. The third-order valence-electron chi connectivity index (χ3n) is 3.57. The Labute approximate surface area is 115 Å². The standard InChI is InChI=1S/C16H25F2N/c1-5-16(4,11-19-10-12(2)3)9-13-6-7-14(17)15(18)8-13/h6-8,12,19H,5,9-11H2,1-4H3. The van der Waals surface area contributed by atoms with E-state index in [0.717, 1.165) is 31.5 Å². The van der Waals surface area contributed by atoms with Gasteiger partial charge >= 0.3 is 0 Å². The molecule has 0 spiro atoms. The lowest BCUT2D eigenvalue weighted by atomic mass is 9.81. The first-order chi connectivity index (χ1) is 8.86. The van der Waals surface area contributed by atoms with Gasteiger partial charge in [-0.1, -0.05) is 33.8 Å². The van der Waals surface area contributed by atoms with Gasteiger partial charge in [-0.2, -0.15) is 0 Å². The highest BCUT2D eigenvalue weighted by Crippen LogP contribution is 2.26. The molecule has 0 aliphatic rings. The van der Waals surface area contributed by atoms with E-state index in [1.165, 1.54) is 12.1 Å². The minimum absolute atomic E-state index is 0.0686. The van der Waals surface area contributed by atoms with Crippen LogP contribution < -0.4 is 5.32 Å². The molecule has 108 valence electrons. The highest BCUT2D eigenvalue weighted by Gasteiger charge is 2.22. The van der Waals surface area contributed by atoms with Gasteiger partial charge in [0.1, 0.15) is 0 Å². The molecular weight excluding hydrogens is 244 g/mol. The molecule has 0 heterocycles. The van der Waals surface area contributed by atoms with Crippen LogP contribution in [0.2, 0.25) is 0 Å². The molecule has 1 unspecified atom stereocenters. The summed E-state index contributed by atoms with van der Waals surface area (Å²) in [5.74, 6) is -0.921. The van der Waals surface area contributed by atoms with Crippen molar-refractivity contribution in [1.82, 2.24) is 5.32 Å². The van der Waals surface area contributed by atoms with Crippen molar-refractivity contribution >= 4 is 0 Å². The van der Waals surface area contributed by atoms with E-state index in [2.05, 4.69) is 33.0 Å². The van der Waals surface area contributed by atoms with Crippen LogP contribution in [0.3, 0.4) is 0 Å². The van der Waals surface area contributed by atoms with Crippen molar-refractivity contribution in [2.75, 3.05) is 13.1 Å². The fraction of sp³-hybridized carbons (Fsp3) is 0.625. The molecule has 1 aromatic rings. The molecule has 0 aliphatic carbocycles. The molecule has 1 N–H and O–H groups in total. The van der Waals surface area contributed by atoms with E-state index >= 15 is 0 Å². The summed E-state index contributed by atoms with van der Waals surface area (Å²) < 4.78 is 26.1. The highest BCUT2D eigenvalue weighted by atomic mass is 19.2. The largest absolute Gasteiger partial charge is 0.316 e. The first-order valence-electron chi connectivity index (χ1n) is 7.01. The van der Waals surface area contributed by atoms with E-state index in [-0.39, 0.29) is 5.41 Å².